The molecule has 1 N–H and O–H groups in total. The van der Waals surface area contributed by atoms with Gasteiger partial charge in [0.05, 0.1) is 14.3 Å². The highest BCUT2D eigenvalue weighted by Crippen LogP contribution is 2.25. The number of carbonyl (C=O) groups excluding carboxylic acids is 1. The summed E-state index contributed by atoms with van der Waals surface area (Å²) < 4.78 is 7.96. The maximum atomic E-state index is 12.4. The van der Waals surface area contributed by atoms with Crippen molar-refractivity contribution >= 4 is 74.5 Å². The Bertz CT molecular complexity index is 1140. The number of amides is 1. The summed E-state index contributed by atoms with van der Waals surface area (Å²) >= 11 is 10.5. The van der Waals surface area contributed by atoms with Crippen LogP contribution in [0.15, 0.2) is 72.3 Å². The van der Waals surface area contributed by atoms with Gasteiger partial charge in [0.15, 0.2) is 0 Å². The third-order valence-corrected chi connectivity index (χ3v) is 5.95. The molecule has 3 aromatic carbocycles. The van der Waals surface area contributed by atoms with Crippen molar-refractivity contribution in [3.8, 4) is 11.8 Å². The monoisotopic (exact) mass is 640 g/mol. The molecule has 0 radical (unpaired) electrons. The van der Waals surface area contributed by atoms with Gasteiger partial charge in [-0.25, -0.2) is 0 Å². The Labute approximate surface area is 207 Å². The van der Waals surface area contributed by atoms with Crippen LogP contribution in [-0.2, 0) is 11.4 Å². The van der Waals surface area contributed by atoms with Crippen LogP contribution in [0.4, 0.5) is 5.69 Å². The van der Waals surface area contributed by atoms with Crippen LogP contribution in [0.3, 0.4) is 0 Å². The highest BCUT2D eigenvalue weighted by molar-refractivity contribution is 14.1. The van der Waals surface area contributed by atoms with Gasteiger partial charge in [0.25, 0.3) is 5.91 Å². The lowest BCUT2D eigenvalue weighted by atomic mass is 10.1. The van der Waals surface area contributed by atoms with Crippen molar-refractivity contribution in [1.29, 1.82) is 5.26 Å². The molecule has 30 heavy (non-hydrogen) atoms. The number of nitrogens with zero attached hydrogens (tertiary/aromatic N) is 1. The van der Waals surface area contributed by atoms with E-state index in [2.05, 4.69) is 50.5 Å². The zero-order valence-corrected chi connectivity index (χ0v) is 20.6. The Kier molecular flexibility index (Phi) is 8.13. The number of ether oxygens (including phenoxy) is 1. The Balaban J connectivity index is 1.71. The van der Waals surface area contributed by atoms with Crippen molar-refractivity contribution in [2.45, 2.75) is 6.61 Å². The van der Waals surface area contributed by atoms with Gasteiger partial charge in [0.1, 0.15) is 24.0 Å². The lowest BCUT2D eigenvalue weighted by Crippen LogP contribution is -2.13. The van der Waals surface area contributed by atoms with Crippen LogP contribution < -0.4 is 10.1 Å². The molecule has 0 aliphatic heterocycles. The van der Waals surface area contributed by atoms with E-state index in [0.717, 1.165) is 20.4 Å². The van der Waals surface area contributed by atoms with Crippen LogP contribution in [0.2, 0.25) is 5.02 Å². The first kappa shape index (κ1) is 22.6. The number of halogens is 3. The molecule has 0 aromatic heterocycles. The van der Waals surface area contributed by atoms with Crippen molar-refractivity contribution in [2.24, 2.45) is 0 Å². The molecular formula is C23H15ClI2N2O2. The number of hydrogen-bond donors (Lipinski definition) is 1. The van der Waals surface area contributed by atoms with Gasteiger partial charge in [-0.15, -0.1) is 0 Å². The fraction of sp³-hybridized carbons (Fsp3) is 0.0435. The van der Waals surface area contributed by atoms with Gasteiger partial charge >= 0.3 is 0 Å². The van der Waals surface area contributed by atoms with E-state index in [1.54, 1.807) is 24.3 Å². The first-order valence-corrected chi connectivity index (χ1v) is 11.3. The molecule has 0 aliphatic carbocycles. The highest BCUT2D eigenvalue weighted by Gasteiger charge is 2.12. The number of anilines is 1. The normalized spacial score (nSPS) is 10.9. The zero-order chi connectivity index (χ0) is 21.5. The molecule has 0 aliphatic rings. The molecule has 0 saturated heterocycles. The fourth-order valence-electron chi connectivity index (χ4n) is 2.53. The summed E-state index contributed by atoms with van der Waals surface area (Å²) in [7, 11) is 0. The summed E-state index contributed by atoms with van der Waals surface area (Å²) in [6.07, 6.45) is 1.54. The minimum Gasteiger partial charge on any atom is -0.488 e. The Morgan fingerprint density at radius 3 is 2.50 bits per heavy atom. The Morgan fingerprint density at radius 2 is 1.83 bits per heavy atom. The van der Waals surface area contributed by atoms with Crippen molar-refractivity contribution in [3.63, 3.8) is 0 Å². The third kappa shape index (κ3) is 6.20. The van der Waals surface area contributed by atoms with Crippen LogP contribution >= 0.6 is 56.8 Å². The topological polar surface area (TPSA) is 62.1 Å². The van der Waals surface area contributed by atoms with E-state index < -0.39 is 5.91 Å². The van der Waals surface area contributed by atoms with Gasteiger partial charge in [-0.3, -0.25) is 4.79 Å². The molecule has 0 heterocycles. The smallest absolute Gasteiger partial charge is 0.266 e. The number of nitrogens with one attached hydrogen (secondary N) is 1. The average molecular weight is 641 g/mol. The predicted octanol–water partition coefficient (Wildman–Crippen LogP) is 6.67. The highest BCUT2D eigenvalue weighted by atomic mass is 127. The van der Waals surface area contributed by atoms with Crippen molar-refractivity contribution < 1.29 is 9.53 Å². The van der Waals surface area contributed by atoms with E-state index in [9.17, 15) is 10.1 Å². The summed E-state index contributed by atoms with van der Waals surface area (Å²) in [4.78, 5) is 12.4. The van der Waals surface area contributed by atoms with Crippen molar-refractivity contribution in [1.82, 2.24) is 0 Å². The summed E-state index contributed by atoms with van der Waals surface area (Å²) in [5.41, 5.74) is 2.25. The molecule has 150 valence electrons. The van der Waals surface area contributed by atoms with Gasteiger partial charge in [0.2, 0.25) is 0 Å². The molecule has 7 heteroatoms. The molecule has 0 fully saturated rings. The quantitative estimate of drug-likeness (QED) is 0.186. The molecule has 0 atom stereocenters. The molecule has 3 aromatic rings. The van der Waals surface area contributed by atoms with Gasteiger partial charge in [-0.05, 0) is 98.8 Å². The lowest BCUT2D eigenvalue weighted by molar-refractivity contribution is -0.112. The number of nitriles is 1. The zero-order valence-electron chi connectivity index (χ0n) is 15.5. The SMILES string of the molecule is N#C/C(=C\c1ccc(OCc2ccc(I)cc2)c(I)c1)C(=O)Nc1ccccc1Cl. The summed E-state index contributed by atoms with van der Waals surface area (Å²) in [5, 5.41) is 12.5. The van der Waals surface area contributed by atoms with Crippen LogP contribution in [0, 0.1) is 18.5 Å². The van der Waals surface area contributed by atoms with Crippen LogP contribution in [0.1, 0.15) is 11.1 Å². The summed E-state index contributed by atoms with van der Waals surface area (Å²) in [5.74, 6) is 0.227. The summed E-state index contributed by atoms with van der Waals surface area (Å²) in [6.45, 7) is 0.464. The third-order valence-electron chi connectivity index (χ3n) is 4.06. The number of para-hydroxylation sites is 1. The average Bonchev–Trinajstić information content (AvgIpc) is 2.74. The van der Waals surface area contributed by atoms with Crippen LogP contribution in [-0.4, -0.2) is 5.91 Å². The number of carbonyl (C=O) groups is 1. The van der Waals surface area contributed by atoms with E-state index in [1.807, 2.05) is 48.5 Å². The first-order chi connectivity index (χ1) is 14.5. The largest absolute Gasteiger partial charge is 0.488 e. The molecule has 3 rings (SSSR count). The van der Waals surface area contributed by atoms with Gasteiger partial charge in [0, 0.05) is 3.57 Å². The number of rotatable bonds is 6. The Morgan fingerprint density at radius 1 is 1.10 bits per heavy atom. The van der Waals surface area contributed by atoms with E-state index >= 15 is 0 Å². The van der Waals surface area contributed by atoms with Crippen molar-refractivity contribution in [2.75, 3.05) is 5.32 Å². The maximum absolute atomic E-state index is 12.4. The standard InChI is InChI=1S/C23H15ClI2N2O2/c24-19-3-1-2-4-21(19)28-23(29)17(13-27)11-16-7-10-22(20(26)12-16)30-14-15-5-8-18(25)9-6-15/h1-12H,14H2,(H,28,29)/b17-11+. The second-order valence-corrected chi connectivity index (χ2v) is 9.02. The lowest BCUT2D eigenvalue weighted by Gasteiger charge is -2.10. The predicted molar refractivity (Wildman–Crippen MR) is 136 cm³/mol. The van der Waals surface area contributed by atoms with E-state index in [0.29, 0.717) is 17.3 Å². The summed E-state index contributed by atoms with van der Waals surface area (Å²) in [6, 6.07) is 22.5. The van der Waals surface area contributed by atoms with Gasteiger partial charge < -0.3 is 10.1 Å². The van der Waals surface area contributed by atoms with E-state index in [1.165, 1.54) is 9.65 Å². The number of benzene rings is 3. The second-order valence-electron chi connectivity index (χ2n) is 6.21. The minimum atomic E-state index is -0.514. The van der Waals surface area contributed by atoms with E-state index in [-0.39, 0.29) is 5.57 Å². The first-order valence-electron chi connectivity index (χ1n) is 8.81. The molecule has 0 spiro atoms. The molecule has 4 nitrogen and oxygen atoms in total. The second kappa shape index (κ2) is 10.8. The molecule has 1 amide bonds. The molecule has 0 unspecified atom stereocenters. The number of hydrogen-bond acceptors (Lipinski definition) is 3. The molecular weight excluding hydrogens is 626 g/mol. The van der Waals surface area contributed by atoms with Crippen molar-refractivity contribution in [3.05, 3.63) is 95.6 Å². The van der Waals surface area contributed by atoms with Gasteiger partial charge in [-0.1, -0.05) is 41.9 Å². The van der Waals surface area contributed by atoms with Gasteiger partial charge in [-0.2, -0.15) is 5.26 Å². The van der Waals surface area contributed by atoms with Crippen LogP contribution in [0.25, 0.3) is 6.08 Å². The fourth-order valence-corrected chi connectivity index (χ4v) is 3.77. The van der Waals surface area contributed by atoms with E-state index in [4.69, 9.17) is 16.3 Å². The molecule has 0 saturated carbocycles. The molecule has 0 bridgehead atoms. The van der Waals surface area contributed by atoms with Crippen LogP contribution in [0.5, 0.6) is 5.75 Å². The Hall–Kier alpha value is -2.09. The maximum Gasteiger partial charge on any atom is 0.266 e. The minimum absolute atomic E-state index is 0.0155.